The Hall–Kier alpha value is -2.16. The largest absolute Gasteiger partial charge is 0.354 e. The van der Waals surface area contributed by atoms with Gasteiger partial charge in [0, 0.05) is 18.7 Å². The number of hydrogen-bond donors (Lipinski definition) is 1. The van der Waals surface area contributed by atoms with E-state index in [2.05, 4.69) is 19.2 Å². The van der Waals surface area contributed by atoms with Gasteiger partial charge in [-0.05, 0) is 24.8 Å². The SMILES string of the molecule is CCCC[C@H](CC)CNC(=O)CN(c1cc([N+](=O)[O-])ccc1C)S(C)(=O)=O. The number of nitrogens with zero attached hydrogens (tertiary/aromatic N) is 2. The van der Waals surface area contributed by atoms with Crippen LogP contribution in [0.4, 0.5) is 11.4 Å². The van der Waals surface area contributed by atoms with E-state index in [1.54, 1.807) is 6.92 Å². The normalized spacial score (nSPS) is 12.4. The van der Waals surface area contributed by atoms with Gasteiger partial charge in [-0.2, -0.15) is 0 Å². The van der Waals surface area contributed by atoms with Crippen molar-refractivity contribution < 1.29 is 18.1 Å². The van der Waals surface area contributed by atoms with Crippen LogP contribution in [0.5, 0.6) is 0 Å². The zero-order valence-electron chi connectivity index (χ0n) is 16.4. The van der Waals surface area contributed by atoms with E-state index in [0.29, 0.717) is 18.0 Å². The molecule has 0 aliphatic carbocycles. The molecule has 27 heavy (non-hydrogen) atoms. The topological polar surface area (TPSA) is 110 Å². The molecule has 0 aliphatic rings. The van der Waals surface area contributed by atoms with E-state index < -0.39 is 27.4 Å². The molecule has 0 heterocycles. The minimum atomic E-state index is -3.79. The third-order valence-electron chi connectivity index (χ3n) is 4.49. The van der Waals surface area contributed by atoms with Crippen molar-refractivity contribution in [1.29, 1.82) is 0 Å². The lowest BCUT2D eigenvalue weighted by atomic mass is 9.99. The smallest absolute Gasteiger partial charge is 0.271 e. The van der Waals surface area contributed by atoms with Crippen molar-refractivity contribution in [3.05, 3.63) is 33.9 Å². The number of nitro groups is 1. The Morgan fingerprint density at radius 1 is 1.33 bits per heavy atom. The first kappa shape index (κ1) is 22.9. The number of rotatable bonds is 11. The van der Waals surface area contributed by atoms with E-state index in [4.69, 9.17) is 0 Å². The summed E-state index contributed by atoms with van der Waals surface area (Å²) in [6.45, 7) is 5.89. The quantitative estimate of drug-likeness (QED) is 0.454. The van der Waals surface area contributed by atoms with Crippen molar-refractivity contribution in [2.75, 3.05) is 23.7 Å². The molecular formula is C18H29N3O5S. The van der Waals surface area contributed by atoms with Crippen LogP contribution < -0.4 is 9.62 Å². The second-order valence-electron chi connectivity index (χ2n) is 6.72. The summed E-state index contributed by atoms with van der Waals surface area (Å²) >= 11 is 0. The molecule has 0 radical (unpaired) electrons. The van der Waals surface area contributed by atoms with Crippen LogP contribution in [0.2, 0.25) is 0 Å². The van der Waals surface area contributed by atoms with E-state index in [0.717, 1.165) is 36.2 Å². The zero-order valence-corrected chi connectivity index (χ0v) is 17.2. The summed E-state index contributed by atoms with van der Waals surface area (Å²) in [5.41, 5.74) is 0.448. The fourth-order valence-electron chi connectivity index (χ4n) is 2.75. The van der Waals surface area contributed by atoms with Gasteiger partial charge in [0.25, 0.3) is 5.69 Å². The molecule has 9 heteroatoms. The average molecular weight is 400 g/mol. The van der Waals surface area contributed by atoms with Crippen LogP contribution in [0, 0.1) is 23.0 Å². The van der Waals surface area contributed by atoms with Crippen LogP contribution in [0.1, 0.15) is 45.1 Å². The Labute approximate surface area is 161 Å². The van der Waals surface area contributed by atoms with Crippen molar-refractivity contribution in [3.63, 3.8) is 0 Å². The number of carbonyl (C=O) groups is 1. The number of non-ortho nitro benzene ring substituents is 1. The summed E-state index contributed by atoms with van der Waals surface area (Å²) in [7, 11) is -3.79. The molecule has 1 rings (SSSR count). The molecule has 0 unspecified atom stereocenters. The molecule has 1 aromatic rings. The van der Waals surface area contributed by atoms with Crippen LogP contribution in [0.15, 0.2) is 18.2 Å². The molecular weight excluding hydrogens is 370 g/mol. The maximum Gasteiger partial charge on any atom is 0.271 e. The minimum Gasteiger partial charge on any atom is -0.354 e. The summed E-state index contributed by atoms with van der Waals surface area (Å²) in [5.74, 6) is -0.0820. The summed E-state index contributed by atoms with van der Waals surface area (Å²) in [5, 5.41) is 13.8. The summed E-state index contributed by atoms with van der Waals surface area (Å²) in [6, 6.07) is 3.96. The number of unbranched alkanes of at least 4 members (excludes halogenated alkanes) is 1. The fraction of sp³-hybridized carbons (Fsp3) is 0.611. The van der Waals surface area contributed by atoms with Crippen molar-refractivity contribution in [3.8, 4) is 0 Å². The number of amides is 1. The van der Waals surface area contributed by atoms with Crippen molar-refractivity contribution in [1.82, 2.24) is 5.32 Å². The molecule has 0 spiro atoms. The van der Waals surface area contributed by atoms with Gasteiger partial charge in [0.2, 0.25) is 15.9 Å². The summed E-state index contributed by atoms with van der Waals surface area (Å²) in [4.78, 5) is 22.8. The molecule has 0 aromatic heterocycles. The first-order valence-corrected chi connectivity index (χ1v) is 10.9. The Morgan fingerprint density at radius 2 is 2.00 bits per heavy atom. The summed E-state index contributed by atoms with van der Waals surface area (Å²) in [6.07, 6.45) is 5.08. The number of carbonyl (C=O) groups excluding carboxylic acids is 1. The van der Waals surface area contributed by atoms with Gasteiger partial charge in [-0.25, -0.2) is 8.42 Å². The van der Waals surface area contributed by atoms with E-state index in [1.165, 1.54) is 18.2 Å². The second-order valence-corrected chi connectivity index (χ2v) is 8.62. The Morgan fingerprint density at radius 3 is 2.52 bits per heavy atom. The second kappa shape index (κ2) is 10.2. The third kappa shape index (κ3) is 7.16. The predicted molar refractivity (Wildman–Crippen MR) is 106 cm³/mol. The van der Waals surface area contributed by atoms with Gasteiger partial charge in [-0.15, -0.1) is 0 Å². The molecule has 0 saturated carbocycles. The molecule has 0 aliphatic heterocycles. The van der Waals surface area contributed by atoms with Gasteiger partial charge in [-0.1, -0.05) is 39.2 Å². The van der Waals surface area contributed by atoms with Crippen molar-refractivity contribution in [2.45, 2.75) is 46.5 Å². The Kier molecular flexibility index (Phi) is 8.68. The van der Waals surface area contributed by atoms with E-state index >= 15 is 0 Å². The molecule has 8 nitrogen and oxygen atoms in total. The highest BCUT2D eigenvalue weighted by Crippen LogP contribution is 2.27. The Bertz CT molecular complexity index is 764. The molecule has 1 N–H and O–H groups in total. The molecule has 0 bridgehead atoms. The average Bonchev–Trinajstić information content (AvgIpc) is 2.59. The van der Waals surface area contributed by atoms with Crippen molar-refractivity contribution in [2.24, 2.45) is 5.92 Å². The van der Waals surface area contributed by atoms with E-state index in [-0.39, 0.29) is 11.4 Å². The molecule has 1 amide bonds. The molecule has 0 fully saturated rings. The van der Waals surface area contributed by atoms with E-state index in [1.807, 2.05) is 0 Å². The third-order valence-corrected chi connectivity index (χ3v) is 5.62. The number of aryl methyl sites for hydroxylation is 1. The fourth-order valence-corrected chi connectivity index (χ4v) is 3.65. The number of nitrogens with one attached hydrogen (secondary N) is 1. The first-order valence-electron chi connectivity index (χ1n) is 9.09. The number of benzene rings is 1. The standard InChI is InChI=1S/C18H29N3O5S/c1-5-7-8-15(6-2)12-19-18(22)13-20(27(4,25)26)17-11-16(21(23)24)10-9-14(17)3/h9-11,15H,5-8,12-13H2,1-4H3,(H,19,22)/t15-/m0/s1. The zero-order chi connectivity index (χ0) is 20.6. The van der Waals surface area contributed by atoms with Crippen LogP contribution in [0.3, 0.4) is 0 Å². The van der Waals surface area contributed by atoms with Crippen LogP contribution in [-0.2, 0) is 14.8 Å². The van der Waals surface area contributed by atoms with Gasteiger partial charge in [-0.3, -0.25) is 19.2 Å². The summed E-state index contributed by atoms with van der Waals surface area (Å²) < 4.78 is 25.3. The number of anilines is 1. The Balaban J connectivity index is 2.96. The lowest BCUT2D eigenvalue weighted by Crippen LogP contribution is -2.42. The minimum absolute atomic E-state index is 0.139. The van der Waals surface area contributed by atoms with Gasteiger partial charge in [0.15, 0.2) is 0 Å². The molecule has 1 aromatic carbocycles. The highest BCUT2D eigenvalue weighted by Gasteiger charge is 2.24. The molecule has 1 atom stereocenters. The van der Waals surface area contributed by atoms with Crippen molar-refractivity contribution >= 4 is 27.3 Å². The number of sulfonamides is 1. The van der Waals surface area contributed by atoms with Gasteiger partial charge >= 0.3 is 0 Å². The number of nitro benzene ring substituents is 1. The first-order chi connectivity index (χ1) is 12.6. The maximum absolute atomic E-state index is 12.3. The van der Waals surface area contributed by atoms with Gasteiger partial charge in [0.05, 0.1) is 16.9 Å². The maximum atomic E-state index is 12.3. The molecule has 152 valence electrons. The number of hydrogen-bond acceptors (Lipinski definition) is 5. The molecule has 0 saturated heterocycles. The van der Waals surface area contributed by atoms with Crippen LogP contribution in [-0.4, -0.2) is 38.6 Å². The van der Waals surface area contributed by atoms with Crippen LogP contribution in [0.25, 0.3) is 0 Å². The lowest BCUT2D eigenvalue weighted by Gasteiger charge is -2.24. The highest BCUT2D eigenvalue weighted by molar-refractivity contribution is 7.92. The monoisotopic (exact) mass is 399 g/mol. The van der Waals surface area contributed by atoms with Gasteiger partial charge < -0.3 is 5.32 Å². The highest BCUT2D eigenvalue weighted by atomic mass is 32.2. The van der Waals surface area contributed by atoms with Crippen LogP contribution >= 0.6 is 0 Å². The lowest BCUT2D eigenvalue weighted by molar-refractivity contribution is -0.384. The predicted octanol–water partition coefficient (Wildman–Crippen LogP) is 3.00. The van der Waals surface area contributed by atoms with E-state index in [9.17, 15) is 23.3 Å². The van der Waals surface area contributed by atoms with Gasteiger partial charge in [0.1, 0.15) is 6.54 Å².